The van der Waals surface area contributed by atoms with E-state index in [4.69, 9.17) is 0 Å². The van der Waals surface area contributed by atoms with Crippen LogP contribution in [0.4, 0.5) is 5.69 Å². The summed E-state index contributed by atoms with van der Waals surface area (Å²) in [6.45, 7) is 1.93. The summed E-state index contributed by atoms with van der Waals surface area (Å²) in [5.41, 5.74) is 2.07. The molecule has 86 valence electrons. The number of nitrogens with zero attached hydrogens (tertiary/aromatic N) is 2. The topological polar surface area (TPSA) is 54.9 Å². The van der Waals surface area contributed by atoms with Crippen molar-refractivity contribution in [3.8, 4) is 0 Å². The predicted molar refractivity (Wildman–Crippen MR) is 68.9 cm³/mol. The lowest BCUT2D eigenvalue weighted by molar-refractivity contribution is 0.102. The lowest BCUT2D eigenvalue weighted by Gasteiger charge is -2.06. The molecule has 0 spiro atoms. The molecular weight excluding hydrogens is 282 g/mol. The minimum atomic E-state index is -0.265. The molecule has 0 fully saturated rings. The maximum Gasteiger partial charge on any atom is 0.275 e. The minimum Gasteiger partial charge on any atom is -0.320 e. The van der Waals surface area contributed by atoms with Gasteiger partial charge in [0.1, 0.15) is 10.3 Å². The molecule has 0 aliphatic rings. The first-order valence-corrected chi connectivity index (χ1v) is 5.80. The first kappa shape index (κ1) is 11.7. The van der Waals surface area contributed by atoms with Crippen LogP contribution in [0.3, 0.4) is 0 Å². The standard InChI is InChI=1S/C12H10BrN3O/c1-8-4-2-3-5-9(8)16-12(17)10-6-15-11(13)7-14-10/h2-7H,1H3,(H,16,17). The summed E-state index contributed by atoms with van der Waals surface area (Å²) < 4.78 is 0.602. The second-order valence-electron chi connectivity index (χ2n) is 3.49. The molecule has 0 unspecified atom stereocenters. The van der Waals surface area contributed by atoms with E-state index in [0.29, 0.717) is 4.60 Å². The summed E-state index contributed by atoms with van der Waals surface area (Å²) in [7, 11) is 0. The normalized spacial score (nSPS) is 10.0. The molecule has 2 rings (SSSR count). The molecule has 0 aliphatic heterocycles. The van der Waals surface area contributed by atoms with Crippen LogP contribution in [-0.2, 0) is 0 Å². The minimum absolute atomic E-state index is 0.265. The summed E-state index contributed by atoms with van der Waals surface area (Å²) in [5.74, 6) is -0.265. The third kappa shape index (κ3) is 2.88. The predicted octanol–water partition coefficient (Wildman–Crippen LogP) is 2.80. The number of benzene rings is 1. The zero-order valence-electron chi connectivity index (χ0n) is 9.14. The molecule has 1 heterocycles. The van der Waals surface area contributed by atoms with Crippen molar-refractivity contribution in [2.45, 2.75) is 6.92 Å². The highest BCUT2D eigenvalue weighted by atomic mass is 79.9. The van der Waals surface area contributed by atoms with Gasteiger partial charge >= 0.3 is 0 Å². The number of para-hydroxylation sites is 1. The number of aromatic nitrogens is 2. The van der Waals surface area contributed by atoms with Gasteiger partial charge in [0, 0.05) is 5.69 Å². The van der Waals surface area contributed by atoms with E-state index >= 15 is 0 Å². The van der Waals surface area contributed by atoms with E-state index < -0.39 is 0 Å². The highest BCUT2D eigenvalue weighted by Crippen LogP contribution is 2.14. The zero-order valence-corrected chi connectivity index (χ0v) is 10.7. The SMILES string of the molecule is Cc1ccccc1NC(=O)c1cnc(Br)cn1. The fourth-order valence-corrected chi connectivity index (χ4v) is 1.53. The maximum atomic E-state index is 11.8. The van der Waals surface area contributed by atoms with Crippen LogP contribution < -0.4 is 5.32 Å². The summed E-state index contributed by atoms with van der Waals surface area (Å²) in [4.78, 5) is 19.8. The van der Waals surface area contributed by atoms with Gasteiger partial charge < -0.3 is 5.32 Å². The molecule has 0 atom stereocenters. The summed E-state index contributed by atoms with van der Waals surface area (Å²) in [5, 5.41) is 2.79. The van der Waals surface area contributed by atoms with Crippen molar-refractivity contribution in [3.05, 3.63) is 52.5 Å². The van der Waals surface area contributed by atoms with Crippen LogP contribution in [0, 0.1) is 6.92 Å². The van der Waals surface area contributed by atoms with Crippen LogP contribution in [0.15, 0.2) is 41.3 Å². The third-order valence-electron chi connectivity index (χ3n) is 2.25. The van der Waals surface area contributed by atoms with Crippen molar-refractivity contribution in [2.75, 3.05) is 5.32 Å². The number of nitrogens with one attached hydrogen (secondary N) is 1. The van der Waals surface area contributed by atoms with Crippen molar-refractivity contribution in [1.82, 2.24) is 9.97 Å². The smallest absolute Gasteiger partial charge is 0.275 e. The highest BCUT2D eigenvalue weighted by molar-refractivity contribution is 9.10. The first-order chi connectivity index (χ1) is 8.16. The van der Waals surface area contributed by atoms with Crippen molar-refractivity contribution >= 4 is 27.5 Å². The van der Waals surface area contributed by atoms with Gasteiger partial charge in [-0.1, -0.05) is 18.2 Å². The number of aryl methyl sites for hydroxylation is 1. The Morgan fingerprint density at radius 3 is 2.65 bits per heavy atom. The fourth-order valence-electron chi connectivity index (χ4n) is 1.33. The van der Waals surface area contributed by atoms with Crippen molar-refractivity contribution in [1.29, 1.82) is 0 Å². The van der Waals surface area contributed by atoms with E-state index in [2.05, 4.69) is 31.2 Å². The fraction of sp³-hybridized carbons (Fsp3) is 0.0833. The number of rotatable bonds is 2. The van der Waals surface area contributed by atoms with Crippen LogP contribution in [0.1, 0.15) is 16.1 Å². The van der Waals surface area contributed by atoms with Crippen molar-refractivity contribution in [3.63, 3.8) is 0 Å². The lowest BCUT2D eigenvalue weighted by atomic mass is 10.2. The van der Waals surface area contributed by atoms with Crippen LogP contribution in [0.25, 0.3) is 0 Å². The Labute approximate surface area is 107 Å². The maximum absolute atomic E-state index is 11.8. The Kier molecular flexibility index (Phi) is 3.49. The Hall–Kier alpha value is -1.75. The average molecular weight is 292 g/mol. The third-order valence-corrected chi connectivity index (χ3v) is 2.66. The van der Waals surface area contributed by atoms with Gasteiger partial charge in [-0.15, -0.1) is 0 Å². The van der Waals surface area contributed by atoms with Gasteiger partial charge in [-0.25, -0.2) is 9.97 Å². The molecule has 0 bridgehead atoms. The van der Waals surface area contributed by atoms with E-state index in [-0.39, 0.29) is 11.6 Å². The quantitative estimate of drug-likeness (QED) is 0.926. The van der Waals surface area contributed by atoms with Crippen LogP contribution in [0.5, 0.6) is 0 Å². The monoisotopic (exact) mass is 291 g/mol. The van der Waals surface area contributed by atoms with E-state index in [0.717, 1.165) is 11.3 Å². The van der Waals surface area contributed by atoms with E-state index in [1.165, 1.54) is 12.4 Å². The van der Waals surface area contributed by atoms with E-state index in [1.807, 2.05) is 31.2 Å². The Bertz CT molecular complexity index is 540. The Morgan fingerprint density at radius 2 is 2.00 bits per heavy atom. The van der Waals surface area contributed by atoms with E-state index in [1.54, 1.807) is 0 Å². The molecule has 0 saturated carbocycles. The number of anilines is 1. The highest BCUT2D eigenvalue weighted by Gasteiger charge is 2.08. The molecule has 0 aliphatic carbocycles. The number of hydrogen-bond acceptors (Lipinski definition) is 3. The summed E-state index contributed by atoms with van der Waals surface area (Å²) in [6.07, 6.45) is 2.92. The molecule has 2 aromatic rings. The Morgan fingerprint density at radius 1 is 1.24 bits per heavy atom. The Balaban J connectivity index is 2.17. The molecule has 0 radical (unpaired) electrons. The van der Waals surface area contributed by atoms with E-state index in [9.17, 15) is 4.79 Å². The van der Waals surface area contributed by atoms with Gasteiger partial charge in [0.2, 0.25) is 0 Å². The first-order valence-electron chi connectivity index (χ1n) is 5.01. The molecule has 1 N–H and O–H groups in total. The van der Waals surface area contributed by atoms with Gasteiger partial charge in [0.25, 0.3) is 5.91 Å². The van der Waals surface area contributed by atoms with Crippen LogP contribution >= 0.6 is 15.9 Å². The number of carbonyl (C=O) groups excluding carboxylic acids is 1. The molecule has 4 nitrogen and oxygen atoms in total. The largest absolute Gasteiger partial charge is 0.320 e. The second-order valence-corrected chi connectivity index (χ2v) is 4.31. The molecule has 0 saturated heterocycles. The van der Waals surface area contributed by atoms with Crippen LogP contribution in [-0.4, -0.2) is 15.9 Å². The van der Waals surface area contributed by atoms with Gasteiger partial charge in [-0.2, -0.15) is 0 Å². The molecule has 1 aromatic heterocycles. The van der Waals surface area contributed by atoms with Gasteiger partial charge in [-0.3, -0.25) is 4.79 Å². The van der Waals surface area contributed by atoms with Gasteiger partial charge in [0.15, 0.2) is 0 Å². The molecule has 1 amide bonds. The summed E-state index contributed by atoms with van der Waals surface area (Å²) >= 11 is 3.17. The molecule has 5 heteroatoms. The van der Waals surface area contributed by atoms with Crippen molar-refractivity contribution < 1.29 is 4.79 Å². The van der Waals surface area contributed by atoms with Crippen molar-refractivity contribution in [2.24, 2.45) is 0 Å². The number of halogens is 1. The lowest BCUT2D eigenvalue weighted by Crippen LogP contribution is -2.14. The van der Waals surface area contributed by atoms with Gasteiger partial charge in [-0.05, 0) is 34.5 Å². The number of carbonyl (C=O) groups is 1. The average Bonchev–Trinajstić information content (AvgIpc) is 2.33. The van der Waals surface area contributed by atoms with Gasteiger partial charge in [0.05, 0.1) is 12.4 Å². The summed E-state index contributed by atoms with van der Waals surface area (Å²) in [6, 6.07) is 7.57. The molecule has 17 heavy (non-hydrogen) atoms. The van der Waals surface area contributed by atoms with Crippen LogP contribution in [0.2, 0.25) is 0 Å². The number of amides is 1. The molecular formula is C12H10BrN3O. The second kappa shape index (κ2) is 5.05. The zero-order chi connectivity index (χ0) is 12.3. The molecule has 1 aromatic carbocycles. The number of hydrogen-bond donors (Lipinski definition) is 1.